The van der Waals surface area contributed by atoms with Crippen LogP contribution in [0.15, 0.2) is 48.5 Å². The van der Waals surface area contributed by atoms with Crippen LogP contribution in [-0.4, -0.2) is 86.7 Å². The van der Waals surface area contributed by atoms with E-state index in [-0.39, 0.29) is 12.8 Å². The van der Waals surface area contributed by atoms with Crippen LogP contribution in [0.2, 0.25) is 0 Å². The van der Waals surface area contributed by atoms with Crippen molar-refractivity contribution >= 4 is 23.3 Å². The van der Waals surface area contributed by atoms with Crippen LogP contribution in [-0.2, 0) is 27.2 Å². The molecular formula is C26H34N4O5. The lowest BCUT2D eigenvalue weighted by molar-refractivity contribution is -0.170. The van der Waals surface area contributed by atoms with Gasteiger partial charge in [0.05, 0.1) is 0 Å². The van der Waals surface area contributed by atoms with E-state index in [9.17, 15) is 19.8 Å². The molecule has 2 fully saturated rings. The molecule has 0 saturated carbocycles. The summed E-state index contributed by atoms with van der Waals surface area (Å²) in [5.41, 5.74) is 3.71. The third-order valence-electron chi connectivity index (χ3n) is 6.49. The van der Waals surface area contributed by atoms with Gasteiger partial charge in [-0.25, -0.2) is 9.59 Å². The van der Waals surface area contributed by atoms with Gasteiger partial charge < -0.3 is 35.4 Å². The number of carboxylic acid groups (broad SMARTS) is 1. The number of carbonyl (C=O) groups is 2. The van der Waals surface area contributed by atoms with Crippen molar-refractivity contribution in [2.24, 2.45) is 0 Å². The first kappa shape index (κ1) is 25.0. The van der Waals surface area contributed by atoms with Crippen LogP contribution in [0.5, 0.6) is 0 Å². The van der Waals surface area contributed by atoms with Crippen LogP contribution in [0.25, 0.3) is 0 Å². The van der Waals surface area contributed by atoms with E-state index >= 15 is 0 Å². The first-order valence-electron chi connectivity index (χ1n) is 12.2. The molecule has 0 bridgehead atoms. The SMILES string of the molecule is O=C(OC(Cc1ccc(N2CCNCC2)cc1)C(=O)O)C(O)Cc1ccc(N2CCNCC2)cc1. The Bertz CT molecular complexity index is 970. The molecule has 2 heterocycles. The highest BCUT2D eigenvalue weighted by Crippen LogP contribution is 2.19. The predicted molar refractivity (Wildman–Crippen MR) is 134 cm³/mol. The number of anilines is 2. The molecule has 2 saturated heterocycles. The molecule has 2 aliphatic heterocycles. The van der Waals surface area contributed by atoms with Crippen LogP contribution in [0, 0.1) is 0 Å². The Kier molecular flexibility index (Phi) is 8.57. The highest BCUT2D eigenvalue weighted by atomic mass is 16.6. The van der Waals surface area contributed by atoms with E-state index in [1.54, 1.807) is 0 Å². The largest absolute Gasteiger partial charge is 0.478 e. The summed E-state index contributed by atoms with van der Waals surface area (Å²) in [5, 5.41) is 26.6. The van der Waals surface area contributed by atoms with Crippen LogP contribution in [0.3, 0.4) is 0 Å². The van der Waals surface area contributed by atoms with Gasteiger partial charge in [0, 0.05) is 76.6 Å². The highest BCUT2D eigenvalue weighted by molar-refractivity contribution is 5.80. The smallest absolute Gasteiger partial charge is 0.345 e. The predicted octanol–water partition coefficient (Wildman–Crippen LogP) is 0.648. The van der Waals surface area contributed by atoms with E-state index in [4.69, 9.17) is 4.74 Å². The Morgan fingerprint density at radius 1 is 0.771 bits per heavy atom. The fourth-order valence-corrected chi connectivity index (χ4v) is 4.45. The minimum Gasteiger partial charge on any atom is -0.478 e. The molecular weight excluding hydrogens is 448 g/mol. The maximum absolute atomic E-state index is 12.5. The number of rotatable bonds is 9. The summed E-state index contributed by atoms with van der Waals surface area (Å²) in [6.45, 7) is 7.46. The Balaban J connectivity index is 1.30. The minimum absolute atomic E-state index is 0.0367. The lowest BCUT2D eigenvalue weighted by Crippen LogP contribution is -2.43. The topological polar surface area (TPSA) is 114 Å². The van der Waals surface area contributed by atoms with Crippen molar-refractivity contribution in [1.82, 2.24) is 10.6 Å². The molecule has 0 radical (unpaired) electrons. The first-order chi connectivity index (χ1) is 17.0. The average molecular weight is 483 g/mol. The van der Waals surface area contributed by atoms with Gasteiger partial charge in [-0.2, -0.15) is 0 Å². The quantitative estimate of drug-likeness (QED) is 0.383. The van der Waals surface area contributed by atoms with Crippen molar-refractivity contribution in [3.8, 4) is 0 Å². The molecule has 9 heteroatoms. The Morgan fingerprint density at radius 2 is 1.20 bits per heavy atom. The van der Waals surface area contributed by atoms with Crippen molar-refractivity contribution in [3.63, 3.8) is 0 Å². The maximum Gasteiger partial charge on any atom is 0.345 e. The van der Waals surface area contributed by atoms with Gasteiger partial charge in [0.15, 0.2) is 6.10 Å². The second kappa shape index (κ2) is 12.0. The first-order valence-corrected chi connectivity index (χ1v) is 12.2. The molecule has 9 nitrogen and oxygen atoms in total. The molecule has 4 N–H and O–H groups in total. The lowest BCUT2D eigenvalue weighted by Gasteiger charge is -2.29. The lowest BCUT2D eigenvalue weighted by atomic mass is 10.1. The van der Waals surface area contributed by atoms with Crippen molar-refractivity contribution < 1.29 is 24.5 Å². The number of nitrogens with one attached hydrogen (secondary N) is 2. The van der Waals surface area contributed by atoms with Crippen LogP contribution in [0.4, 0.5) is 11.4 Å². The van der Waals surface area contributed by atoms with Crippen LogP contribution < -0.4 is 20.4 Å². The molecule has 4 rings (SSSR count). The summed E-state index contributed by atoms with van der Waals surface area (Å²) in [5.74, 6) is -2.17. The molecule has 0 amide bonds. The van der Waals surface area contributed by atoms with Crippen molar-refractivity contribution in [2.75, 3.05) is 62.2 Å². The number of aliphatic hydroxyl groups excluding tert-OH is 1. The van der Waals surface area contributed by atoms with E-state index in [0.717, 1.165) is 74.9 Å². The van der Waals surface area contributed by atoms with E-state index in [1.165, 1.54) is 0 Å². The second-order valence-electron chi connectivity index (χ2n) is 8.99. The number of aliphatic carboxylic acids is 1. The van der Waals surface area contributed by atoms with E-state index in [2.05, 4.69) is 20.4 Å². The Labute approximate surface area is 205 Å². The van der Waals surface area contributed by atoms with E-state index in [1.807, 2.05) is 48.5 Å². The molecule has 0 aliphatic carbocycles. The summed E-state index contributed by atoms with van der Waals surface area (Å²) < 4.78 is 5.19. The van der Waals surface area contributed by atoms with Gasteiger partial charge in [-0.3, -0.25) is 0 Å². The van der Waals surface area contributed by atoms with E-state index in [0.29, 0.717) is 0 Å². The van der Waals surface area contributed by atoms with Crippen molar-refractivity contribution in [3.05, 3.63) is 59.7 Å². The number of hydrogen-bond donors (Lipinski definition) is 4. The summed E-state index contributed by atoms with van der Waals surface area (Å²) in [6, 6.07) is 15.3. The molecule has 35 heavy (non-hydrogen) atoms. The zero-order valence-electron chi connectivity index (χ0n) is 19.9. The zero-order chi connectivity index (χ0) is 24.6. The highest BCUT2D eigenvalue weighted by Gasteiger charge is 2.27. The fraction of sp³-hybridized carbons (Fsp3) is 0.462. The number of benzene rings is 2. The standard InChI is InChI=1S/C26H34N4O5/c31-23(17-19-1-5-21(6-2-19)29-13-9-27-10-14-29)26(34)35-24(25(32)33)18-20-3-7-22(8-4-20)30-15-11-28-12-16-30/h1-8,23-24,27-28,31H,9-18H2,(H,32,33). The van der Waals surface area contributed by atoms with Crippen LogP contribution in [0.1, 0.15) is 11.1 Å². The average Bonchev–Trinajstić information content (AvgIpc) is 2.90. The number of hydrogen-bond acceptors (Lipinski definition) is 8. The van der Waals surface area contributed by atoms with Gasteiger partial charge in [0.25, 0.3) is 0 Å². The molecule has 2 atom stereocenters. The molecule has 188 valence electrons. The van der Waals surface area contributed by atoms with Gasteiger partial charge in [-0.1, -0.05) is 24.3 Å². The van der Waals surface area contributed by atoms with Crippen LogP contribution >= 0.6 is 0 Å². The Morgan fingerprint density at radius 3 is 1.63 bits per heavy atom. The number of piperazine rings is 2. The molecule has 0 aromatic heterocycles. The number of aliphatic hydroxyl groups is 1. The van der Waals surface area contributed by atoms with Gasteiger partial charge in [0.1, 0.15) is 0 Å². The molecule has 2 aliphatic rings. The number of carboxylic acids is 1. The second-order valence-corrected chi connectivity index (χ2v) is 8.99. The Hall–Kier alpha value is -3.14. The van der Waals surface area contributed by atoms with Gasteiger partial charge in [0.2, 0.25) is 6.10 Å². The number of nitrogens with zero attached hydrogens (tertiary/aromatic N) is 2. The monoisotopic (exact) mass is 482 g/mol. The maximum atomic E-state index is 12.5. The summed E-state index contributed by atoms with van der Waals surface area (Å²) in [4.78, 5) is 28.7. The number of carbonyl (C=O) groups excluding carboxylic acids is 1. The normalized spacial score (nSPS) is 18.1. The van der Waals surface area contributed by atoms with Gasteiger partial charge in [-0.15, -0.1) is 0 Å². The molecule has 2 aromatic rings. The fourth-order valence-electron chi connectivity index (χ4n) is 4.45. The van der Waals surface area contributed by atoms with Gasteiger partial charge >= 0.3 is 11.9 Å². The van der Waals surface area contributed by atoms with Crippen molar-refractivity contribution in [2.45, 2.75) is 25.0 Å². The molecule has 2 unspecified atom stereocenters. The van der Waals surface area contributed by atoms with E-state index < -0.39 is 24.1 Å². The summed E-state index contributed by atoms with van der Waals surface area (Å²) >= 11 is 0. The summed E-state index contributed by atoms with van der Waals surface area (Å²) in [7, 11) is 0. The third kappa shape index (κ3) is 6.94. The van der Waals surface area contributed by atoms with Crippen molar-refractivity contribution in [1.29, 1.82) is 0 Å². The number of ether oxygens (including phenoxy) is 1. The third-order valence-corrected chi connectivity index (χ3v) is 6.49. The molecule has 0 spiro atoms. The zero-order valence-corrected chi connectivity index (χ0v) is 19.9. The minimum atomic E-state index is -1.43. The number of esters is 1. The van der Waals surface area contributed by atoms with Gasteiger partial charge in [-0.05, 0) is 35.4 Å². The summed E-state index contributed by atoms with van der Waals surface area (Å²) in [6.07, 6.45) is -2.70. The molecule has 2 aromatic carbocycles.